The predicted octanol–water partition coefficient (Wildman–Crippen LogP) is 0.764. The van der Waals surface area contributed by atoms with Gasteiger partial charge in [-0.2, -0.15) is 0 Å². The number of amides is 1. The molecule has 1 aliphatic heterocycles. The lowest BCUT2D eigenvalue weighted by atomic mass is 10.1. The van der Waals surface area contributed by atoms with Crippen LogP contribution in [0.1, 0.15) is 24.4 Å². The molecule has 0 saturated carbocycles. The molecular weight excluding hydrogens is 198 g/mol. The number of thiazole rings is 1. The quantitative estimate of drug-likeness (QED) is 0.785. The molecule has 1 saturated heterocycles. The molecular formula is C9H13N3OS. The number of hydrogen-bond acceptors (Lipinski definition) is 4. The van der Waals surface area contributed by atoms with Crippen molar-refractivity contribution >= 4 is 17.2 Å². The third-order valence-electron chi connectivity index (χ3n) is 2.52. The highest BCUT2D eigenvalue weighted by molar-refractivity contribution is 7.09. The fourth-order valence-electron chi connectivity index (χ4n) is 1.89. The van der Waals surface area contributed by atoms with Crippen molar-refractivity contribution in [3.8, 4) is 0 Å². The lowest BCUT2D eigenvalue weighted by Gasteiger charge is -2.23. The molecule has 2 N–H and O–H groups in total. The molecule has 0 spiro atoms. The van der Waals surface area contributed by atoms with Gasteiger partial charge >= 0.3 is 0 Å². The van der Waals surface area contributed by atoms with Crippen molar-refractivity contribution in [3.63, 3.8) is 0 Å². The van der Waals surface area contributed by atoms with Gasteiger partial charge in [-0.15, -0.1) is 11.3 Å². The Labute approximate surface area is 86.7 Å². The maximum Gasteiger partial charge on any atom is 0.224 e. The molecule has 1 aromatic heterocycles. The van der Waals surface area contributed by atoms with E-state index in [1.807, 2.05) is 17.2 Å². The number of likely N-dealkylation sites (N-methyl/N-ethyl adjacent to an activating group) is 1. The van der Waals surface area contributed by atoms with Crippen LogP contribution in [0.3, 0.4) is 0 Å². The highest BCUT2D eigenvalue weighted by atomic mass is 32.1. The second kappa shape index (κ2) is 3.67. The molecule has 2 atom stereocenters. The smallest absolute Gasteiger partial charge is 0.224 e. The van der Waals surface area contributed by atoms with Crippen LogP contribution in [0.15, 0.2) is 11.6 Å². The molecule has 1 amide bonds. The maximum absolute atomic E-state index is 11.5. The van der Waals surface area contributed by atoms with Gasteiger partial charge in [0.15, 0.2) is 0 Å². The molecule has 1 aliphatic rings. The van der Waals surface area contributed by atoms with Gasteiger partial charge in [0, 0.05) is 30.6 Å². The third-order valence-corrected chi connectivity index (χ3v) is 3.36. The summed E-state index contributed by atoms with van der Waals surface area (Å²) in [6.45, 7) is 2.67. The van der Waals surface area contributed by atoms with E-state index in [4.69, 9.17) is 5.73 Å². The van der Waals surface area contributed by atoms with Crippen molar-refractivity contribution in [3.05, 3.63) is 16.6 Å². The molecule has 1 fully saturated rings. The van der Waals surface area contributed by atoms with Gasteiger partial charge in [0.25, 0.3) is 0 Å². The molecule has 0 bridgehead atoms. The second-order valence-corrected chi connectivity index (χ2v) is 4.29. The molecule has 5 heteroatoms. The van der Waals surface area contributed by atoms with Crippen LogP contribution in [0.4, 0.5) is 0 Å². The number of rotatable bonds is 2. The molecule has 0 radical (unpaired) electrons. The Kier molecular flexibility index (Phi) is 2.52. The van der Waals surface area contributed by atoms with Gasteiger partial charge in [0.1, 0.15) is 5.01 Å². The Balaban J connectivity index is 2.28. The van der Waals surface area contributed by atoms with Crippen molar-refractivity contribution < 1.29 is 4.79 Å². The van der Waals surface area contributed by atoms with Gasteiger partial charge in [-0.25, -0.2) is 4.98 Å². The fourth-order valence-corrected chi connectivity index (χ4v) is 2.71. The minimum absolute atomic E-state index is 0.00694. The summed E-state index contributed by atoms with van der Waals surface area (Å²) < 4.78 is 0. The second-order valence-electron chi connectivity index (χ2n) is 3.36. The molecule has 0 aromatic carbocycles. The van der Waals surface area contributed by atoms with E-state index < -0.39 is 0 Å². The number of hydrogen-bond donors (Lipinski definition) is 1. The summed E-state index contributed by atoms with van der Waals surface area (Å²) in [7, 11) is 0. The van der Waals surface area contributed by atoms with E-state index in [1.54, 1.807) is 17.5 Å². The van der Waals surface area contributed by atoms with Gasteiger partial charge in [0.2, 0.25) is 5.91 Å². The molecule has 0 aliphatic carbocycles. The zero-order valence-electron chi connectivity index (χ0n) is 8.01. The summed E-state index contributed by atoms with van der Waals surface area (Å²) in [5, 5.41) is 2.86. The monoisotopic (exact) mass is 211 g/mol. The summed E-state index contributed by atoms with van der Waals surface area (Å²) >= 11 is 1.56. The number of nitrogens with zero attached hydrogens (tertiary/aromatic N) is 2. The highest BCUT2D eigenvalue weighted by Crippen LogP contribution is 2.32. The van der Waals surface area contributed by atoms with E-state index in [9.17, 15) is 4.79 Å². The van der Waals surface area contributed by atoms with E-state index in [0.29, 0.717) is 13.0 Å². The lowest BCUT2D eigenvalue weighted by molar-refractivity contribution is -0.128. The van der Waals surface area contributed by atoms with Crippen molar-refractivity contribution in [1.29, 1.82) is 0 Å². The van der Waals surface area contributed by atoms with Gasteiger partial charge < -0.3 is 10.6 Å². The summed E-state index contributed by atoms with van der Waals surface area (Å²) in [5.74, 6) is 0.139. The molecule has 76 valence electrons. The normalized spacial score (nSPS) is 27.3. The van der Waals surface area contributed by atoms with E-state index >= 15 is 0 Å². The van der Waals surface area contributed by atoms with Crippen LogP contribution in [0.5, 0.6) is 0 Å². The number of nitrogens with two attached hydrogens (primary N) is 1. The summed E-state index contributed by atoms with van der Waals surface area (Å²) in [6.07, 6.45) is 2.20. The Morgan fingerprint density at radius 3 is 3.14 bits per heavy atom. The molecule has 2 heterocycles. The minimum Gasteiger partial charge on any atom is -0.332 e. The molecule has 4 nitrogen and oxygen atoms in total. The first-order chi connectivity index (χ1) is 6.74. The Morgan fingerprint density at radius 1 is 1.79 bits per heavy atom. The third kappa shape index (κ3) is 1.42. The SMILES string of the molecule is CCN1C(=O)C[C@H](N)[C@H]1c1nccs1. The Hall–Kier alpha value is -0.940. The first-order valence-electron chi connectivity index (χ1n) is 4.68. The van der Waals surface area contributed by atoms with Crippen molar-refractivity contribution in [1.82, 2.24) is 9.88 Å². The summed E-state index contributed by atoms with van der Waals surface area (Å²) in [4.78, 5) is 17.6. The number of carbonyl (C=O) groups excluding carboxylic acids is 1. The summed E-state index contributed by atoms with van der Waals surface area (Å²) in [5.41, 5.74) is 5.93. The predicted molar refractivity (Wildman–Crippen MR) is 54.8 cm³/mol. The minimum atomic E-state index is -0.103. The van der Waals surface area contributed by atoms with E-state index in [0.717, 1.165) is 5.01 Å². The van der Waals surface area contributed by atoms with Crippen LogP contribution in [0.2, 0.25) is 0 Å². The van der Waals surface area contributed by atoms with Crippen LogP contribution in [0, 0.1) is 0 Å². The first-order valence-corrected chi connectivity index (χ1v) is 5.56. The molecule has 14 heavy (non-hydrogen) atoms. The fraction of sp³-hybridized carbons (Fsp3) is 0.556. The molecule has 2 rings (SSSR count). The van der Waals surface area contributed by atoms with Crippen LogP contribution < -0.4 is 5.73 Å². The van der Waals surface area contributed by atoms with E-state index in [-0.39, 0.29) is 18.0 Å². The Bertz CT molecular complexity index is 325. The number of likely N-dealkylation sites (tertiary alicyclic amines) is 1. The zero-order valence-corrected chi connectivity index (χ0v) is 8.83. The number of aromatic nitrogens is 1. The van der Waals surface area contributed by atoms with Gasteiger partial charge in [0.05, 0.1) is 6.04 Å². The average Bonchev–Trinajstić information content (AvgIpc) is 2.72. The molecule has 0 unspecified atom stereocenters. The largest absolute Gasteiger partial charge is 0.332 e. The van der Waals surface area contributed by atoms with Gasteiger partial charge in [-0.3, -0.25) is 4.79 Å². The van der Waals surface area contributed by atoms with Gasteiger partial charge in [-0.1, -0.05) is 0 Å². The number of carbonyl (C=O) groups is 1. The van der Waals surface area contributed by atoms with Crippen molar-refractivity contribution in [2.24, 2.45) is 5.73 Å². The van der Waals surface area contributed by atoms with Crippen molar-refractivity contribution in [2.75, 3.05) is 6.54 Å². The lowest BCUT2D eigenvalue weighted by Crippen LogP contribution is -2.32. The topological polar surface area (TPSA) is 59.2 Å². The standard InChI is InChI=1S/C9H13N3OS/c1-2-12-7(13)5-6(10)8(12)9-11-3-4-14-9/h3-4,6,8H,2,5,10H2,1H3/t6-,8-/m0/s1. The van der Waals surface area contributed by atoms with Crippen LogP contribution in [-0.2, 0) is 4.79 Å². The zero-order chi connectivity index (χ0) is 10.1. The van der Waals surface area contributed by atoms with E-state index in [2.05, 4.69) is 4.98 Å². The maximum atomic E-state index is 11.5. The Morgan fingerprint density at radius 2 is 2.57 bits per heavy atom. The highest BCUT2D eigenvalue weighted by Gasteiger charge is 2.38. The summed E-state index contributed by atoms with van der Waals surface area (Å²) in [6, 6.07) is -0.110. The van der Waals surface area contributed by atoms with E-state index in [1.165, 1.54) is 0 Å². The van der Waals surface area contributed by atoms with Crippen LogP contribution in [-0.4, -0.2) is 28.4 Å². The van der Waals surface area contributed by atoms with Crippen molar-refractivity contribution in [2.45, 2.75) is 25.4 Å². The van der Waals surface area contributed by atoms with Crippen LogP contribution in [0.25, 0.3) is 0 Å². The molecule has 1 aromatic rings. The van der Waals surface area contributed by atoms with Gasteiger partial charge in [-0.05, 0) is 6.92 Å². The average molecular weight is 211 g/mol. The van der Waals surface area contributed by atoms with Crippen LogP contribution >= 0.6 is 11.3 Å². The first kappa shape index (κ1) is 9.61.